The summed E-state index contributed by atoms with van der Waals surface area (Å²) in [5, 5.41) is 3.62. The number of hydrogen-bond donors (Lipinski definition) is 1. The average molecular weight is 496 g/mol. The lowest BCUT2D eigenvalue weighted by Crippen LogP contribution is -2.18. The van der Waals surface area contributed by atoms with Crippen molar-refractivity contribution in [2.24, 2.45) is 5.92 Å². The molecule has 0 bridgehead atoms. The Balaban J connectivity index is 3.77. The first kappa shape index (κ1) is 34.4. The third-order valence-electron chi connectivity index (χ3n) is 7.34. The Morgan fingerprint density at radius 3 is 1.37 bits per heavy atom. The molecule has 0 aliphatic heterocycles. The Kier molecular flexibility index (Phi) is 29.2. The van der Waals surface area contributed by atoms with Gasteiger partial charge in [0.15, 0.2) is 0 Å². The van der Waals surface area contributed by atoms with Crippen LogP contribution in [0.15, 0.2) is 0 Å². The number of hydrogen-bond acceptors (Lipinski definition) is 3. The highest BCUT2D eigenvalue weighted by atomic mass is 16.5. The minimum absolute atomic E-state index is 0.0893. The maximum atomic E-state index is 12.7. The quantitative estimate of drug-likeness (QED) is 0.0828. The molecular formula is C32H65NO2. The second kappa shape index (κ2) is 29.7. The highest BCUT2D eigenvalue weighted by Crippen LogP contribution is 2.20. The summed E-state index contributed by atoms with van der Waals surface area (Å²) >= 11 is 0. The van der Waals surface area contributed by atoms with Gasteiger partial charge in [-0.1, -0.05) is 143 Å². The van der Waals surface area contributed by atoms with Gasteiger partial charge in [0.05, 0.1) is 12.5 Å². The molecule has 0 aromatic heterocycles. The number of ether oxygens (including phenoxy) is 1. The highest BCUT2D eigenvalue weighted by Gasteiger charge is 2.19. The van der Waals surface area contributed by atoms with E-state index in [-0.39, 0.29) is 11.9 Å². The van der Waals surface area contributed by atoms with Gasteiger partial charge in [-0.15, -0.1) is 0 Å². The molecule has 210 valence electrons. The summed E-state index contributed by atoms with van der Waals surface area (Å²) in [5.41, 5.74) is 0. The minimum atomic E-state index is 0.0893. The van der Waals surface area contributed by atoms with E-state index < -0.39 is 0 Å². The number of unbranched alkanes of at least 4 members (excludes halogenated alkanes) is 18. The van der Waals surface area contributed by atoms with Crippen LogP contribution in [0.1, 0.15) is 175 Å². The Morgan fingerprint density at radius 2 is 0.886 bits per heavy atom. The molecule has 1 unspecified atom stereocenters. The van der Waals surface area contributed by atoms with Crippen LogP contribution in [-0.2, 0) is 9.53 Å². The summed E-state index contributed by atoms with van der Waals surface area (Å²) < 4.78 is 5.70. The number of esters is 1. The van der Waals surface area contributed by atoms with E-state index in [0.717, 1.165) is 19.3 Å². The fraction of sp³-hybridized carbons (Fsp3) is 0.969. The molecule has 0 heterocycles. The molecule has 0 amide bonds. The first-order chi connectivity index (χ1) is 17.3. The molecule has 3 heteroatoms. The predicted octanol–water partition coefficient (Wildman–Crippen LogP) is 10.2. The average Bonchev–Trinajstić information content (AvgIpc) is 2.86. The van der Waals surface area contributed by atoms with E-state index in [1.807, 2.05) is 0 Å². The van der Waals surface area contributed by atoms with Gasteiger partial charge in [-0.05, 0) is 45.2 Å². The van der Waals surface area contributed by atoms with Gasteiger partial charge < -0.3 is 10.1 Å². The maximum Gasteiger partial charge on any atom is 0.308 e. The normalized spacial score (nSPS) is 12.2. The Labute approximate surface area is 221 Å². The molecule has 3 nitrogen and oxygen atoms in total. The van der Waals surface area contributed by atoms with Crippen molar-refractivity contribution in [3.05, 3.63) is 0 Å². The summed E-state index contributed by atoms with van der Waals surface area (Å²) in [4.78, 5) is 12.7. The van der Waals surface area contributed by atoms with Crippen molar-refractivity contribution in [1.82, 2.24) is 5.32 Å². The van der Waals surface area contributed by atoms with Crippen LogP contribution in [0, 0.1) is 5.92 Å². The molecule has 0 fully saturated rings. The smallest absolute Gasteiger partial charge is 0.308 e. The molecule has 0 aromatic rings. The van der Waals surface area contributed by atoms with Crippen LogP contribution in [0.2, 0.25) is 0 Å². The van der Waals surface area contributed by atoms with Crippen molar-refractivity contribution in [3.63, 3.8) is 0 Å². The van der Waals surface area contributed by atoms with Gasteiger partial charge in [-0.25, -0.2) is 0 Å². The second-order valence-corrected chi connectivity index (χ2v) is 10.9. The monoisotopic (exact) mass is 496 g/mol. The molecule has 0 saturated carbocycles. The molecule has 0 saturated heterocycles. The predicted molar refractivity (Wildman–Crippen MR) is 155 cm³/mol. The SMILES string of the molecule is CCCCCCCCNCCCCCCCCC(CCCCCC)C(=O)OCCCCCCCC. The fourth-order valence-electron chi connectivity index (χ4n) is 4.87. The van der Waals surface area contributed by atoms with Crippen molar-refractivity contribution >= 4 is 5.97 Å². The summed E-state index contributed by atoms with van der Waals surface area (Å²) in [6.07, 6.45) is 30.5. The van der Waals surface area contributed by atoms with Crippen molar-refractivity contribution in [1.29, 1.82) is 0 Å². The van der Waals surface area contributed by atoms with E-state index in [1.54, 1.807) is 0 Å². The van der Waals surface area contributed by atoms with Crippen molar-refractivity contribution < 1.29 is 9.53 Å². The van der Waals surface area contributed by atoms with Gasteiger partial charge in [0.2, 0.25) is 0 Å². The lowest BCUT2D eigenvalue weighted by molar-refractivity contribution is -0.149. The van der Waals surface area contributed by atoms with Crippen molar-refractivity contribution in [3.8, 4) is 0 Å². The van der Waals surface area contributed by atoms with Crippen LogP contribution in [0.5, 0.6) is 0 Å². The van der Waals surface area contributed by atoms with Crippen LogP contribution in [0.4, 0.5) is 0 Å². The molecule has 35 heavy (non-hydrogen) atoms. The lowest BCUT2D eigenvalue weighted by Gasteiger charge is -2.16. The standard InChI is InChI=1S/C32H65NO2/c1-4-7-10-13-18-23-28-33-29-24-19-16-15-17-22-27-31(26-21-12-9-6-3)32(34)35-30-25-20-14-11-8-5-2/h31,33H,4-30H2,1-3H3. The first-order valence-electron chi connectivity index (χ1n) is 16.1. The van der Waals surface area contributed by atoms with E-state index in [4.69, 9.17) is 4.74 Å². The molecule has 0 aliphatic carbocycles. The zero-order chi connectivity index (χ0) is 25.7. The van der Waals surface area contributed by atoms with Gasteiger partial charge in [0.25, 0.3) is 0 Å². The van der Waals surface area contributed by atoms with Crippen LogP contribution in [-0.4, -0.2) is 25.7 Å². The summed E-state index contributed by atoms with van der Waals surface area (Å²) in [6, 6.07) is 0. The van der Waals surface area contributed by atoms with Gasteiger partial charge in [-0.3, -0.25) is 4.79 Å². The Hall–Kier alpha value is -0.570. The number of carbonyl (C=O) groups is 1. The highest BCUT2D eigenvalue weighted by molar-refractivity contribution is 5.72. The molecule has 0 radical (unpaired) electrons. The van der Waals surface area contributed by atoms with E-state index in [1.165, 1.54) is 148 Å². The Bertz CT molecular complexity index is 412. The van der Waals surface area contributed by atoms with Crippen molar-refractivity contribution in [2.75, 3.05) is 19.7 Å². The first-order valence-corrected chi connectivity index (χ1v) is 16.1. The molecule has 1 atom stereocenters. The second-order valence-electron chi connectivity index (χ2n) is 10.9. The molecular weight excluding hydrogens is 430 g/mol. The topological polar surface area (TPSA) is 38.3 Å². The number of nitrogens with one attached hydrogen (secondary N) is 1. The van der Waals surface area contributed by atoms with E-state index in [2.05, 4.69) is 26.1 Å². The number of rotatable bonds is 29. The van der Waals surface area contributed by atoms with Crippen LogP contribution in [0.3, 0.4) is 0 Å². The maximum absolute atomic E-state index is 12.7. The molecule has 0 rings (SSSR count). The van der Waals surface area contributed by atoms with Crippen LogP contribution < -0.4 is 5.32 Å². The fourth-order valence-corrected chi connectivity index (χ4v) is 4.87. The summed E-state index contributed by atoms with van der Waals surface area (Å²) in [6.45, 7) is 9.78. The Morgan fingerprint density at radius 1 is 0.514 bits per heavy atom. The van der Waals surface area contributed by atoms with E-state index >= 15 is 0 Å². The zero-order valence-corrected chi connectivity index (χ0v) is 24.5. The van der Waals surface area contributed by atoms with E-state index in [9.17, 15) is 4.79 Å². The third kappa shape index (κ3) is 26.3. The minimum Gasteiger partial charge on any atom is -0.465 e. The van der Waals surface area contributed by atoms with Crippen molar-refractivity contribution in [2.45, 2.75) is 175 Å². The van der Waals surface area contributed by atoms with Crippen LogP contribution in [0.25, 0.3) is 0 Å². The number of carbonyl (C=O) groups excluding carboxylic acids is 1. The molecule has 1 N–H and O–H groups in total. The van der Waals surface area contributed by atoms with Crippen LogP contribution >= 0.6 is 0 Å². The lowest BCUT2D eigenvalue weighted by atomic mass is 9.94. The van der Waals surface area contributed by atoms with Gasteiger partial charge in [0, 0.05) is 0 Å². The molecule has 0 spiro atoms. The molecule has 0 aliphatic rings. The van der Waals surface area contributed by atoms with E-state index in [0.29, 0.717) is 6.61 Å². The van der Waals surface area contributed by atoms with Gasteiger partial charge in [0.1, 0.15) is 0 Å². The third-order valence-corrected chi connectivity index (χ3v) is 7.34. The molecule has 0 aromatic carbocycles. The largest absolute Gasteiger partial charge is 0.465 e. The van der Waals surface area contributed by atoms with Gasteiger partial charge in [-0.2, -0.15) is 0 Å². The summed E-state index contributed by atoms with van der Waals surface area (Å²) in [5.74, 6) is 0.226. The summed E-state index contributed by atoms with van der Waals surface area (Å²) in [7, 11) is 0. The van der Waals surface area contributed by atoms with Gasteiger partial charge >= 0.3 is 5.97 Å². The zero-order valence-electron chi connectivity index (χ0n) is 24.5.